The van der Waals surface area contributed by atoms with E-state index in [1.165, 1.54) is 18.4 Å². The lowest BCUT2D eigenvalue weighted by molar-refractivity contribution is -0.138. The number of fused-ring (bicyclic) bond motifs is 4. The van der Waals surface area contributed by atoms with Crippen LogP contribution >= 0.6 is 11.3 Å². The fraction of sp³-hybridized carbons (Fsp3) is 0.469. The molecular formula is C32H39N5O7S. The van der Waals surface area contributed by atoms with Crippen LogP contribution in [-0.2, 0) is 16.0 Å². The first-order valence-corrected chi connectivity index (χ1v) is 16.1. The molecule has 240 valence electrons. The number of nitrogens with one attached hydrogen (secondary N) is 2. The van der Waals surface area contributed by atoms with Gasteiger partial charge < -0.3 is 34.4 Å². The Labute approximate surface area is 266 Å². The Morgan fingerprint density at radius 1 is 1.09 bits per heavy atom. The van der Waals surface area contributed by atoms with Gasteiger partial charge in [0, 0.05) is 43.0 Å². The van der Waals surface area contributed by atoms with Gasteiger partial charge in [-0.2, -0.15) is 0 Å². The van der Waals surface area contributed by atoms with Crippen molar-refractivity contribution in [3.63, 3.8) is 0 Å². The highest BCUT2D eigenvalue weighted by molar-refractivity contribution is 7.10. The second kappa shape index (κ2) is 14.6. The van der Waals surface area contributed by atoms with Crippen LogP contribution in [0.25, 0.3) is 0 Å². The molecule has 4 amide bonds. The van der Waals surface area contributed by atoms with E-state index in [9.17, 15) is 19.2 Å². The number of rotatable bonds is 4. The zero-order valence-corrected chi connectivity index (χ0v) is 26.6. The highest BCUT2D eigenvalue weighted by Gasteiger charge is 2.41. The summed E-state index contributed by atoms with van der Waals surface area (Å²) in [5.41, 5.74) is 1.35. The molecule has 0 radical (unpaired) electrons. The molecule has 1 fully saturated rings. The molecule has 45 heavy (non-hydrogen) atoms. The largest absolute Gasteiger partial charge is 0.493 e. The number of aromatic nitrogens is 1. The molecule has 2 aliphatic heterocycles. The summed E-state index contributed by atoms with van der Waals surface area (Å²) >= 11 is 1.49. The number of hydrogen-bond donors (Lipinski definition) is 2. The number of aryl methyl sites for hydroxylation is 2. The Bertz CT molecular complexity index is 1500. The molecule has 12 nitrogen and oxygen atoms in total. The number of thiophene rings is 1. The monoisotopic (exact) mass is 637 g/mol. The summed E-state index contributed by atoms with van der Waals surface area (Å²) in [6.07, 6.45) is 1.82. The van der Waals surface area contributed by atoms with Gasteiger partial charge in [0.25, 0.3) is 11.8 Å². The summed E-state index contributed by atoms with van der Waals surface area (Å²) in [4.78, 5) is 57.7. The van der Waals surface area contributed by atoms with Gasteiger partial charge in [-0.1, -0.05) is 11.2 Å². The quantitative estimate of drug-likeness (QED) is 0.444. The number of likely N-dealkylation sites (tertiary alicyclic amines) is 1. The summed E-state index contributed by atoms with van der Waals surface area (Å²) in [5.74, 6) is 0.383. The van der Waals surface area contributed by atoms with Gasteiger partial charge >= 0.3 is 0 Å². The first kappa shape index (κ1) is 32.0. The van der Waals surface area contributed by atoms with Crippen molar-refractivity contribution in [2.45, 2.75) is 58.1 Å². The number of hydrogen-bond acceptors (Lipinski definition) is 9. The van der Waals surface area contributed by atoms with Crippen LogP contribution in [0.15, 0.2) is 40.2 Å². The smallest absolute Gasteiger partial charge is 0.259 e. The number of ether oxygens (including phenoxy) is 2. The Morgan fingerprint density at radius 2 is 1.89 bits per heavy atom. The van der Waals surface area contributed by atoms with E-state index >= 15 is 0 Å². The minimum absolute atomic E-state index is 0.153. The topological polar surface area (TPSA) is 143 Å². The van der Waals surface area contributed by atoms with Crippen molar-refractivity contribution in [2.24, 2.45) is 0 Å². The summed E-state index contributed by atoms with van der Waals surface area (Å²) < 4.78 is 17.0. The third kappa shape index (κ3) is 7.64. The molecule has 2 atom stereocenters. The van der Waals surface area contributed by atoms with Crippen molar-refractivity contribution in [2.75, 3.05) is 39.8 Å². The standard InChI is InChI=1S/C32H39N5O7S/c1-20-29(21(2)44-35-20)32(41)36-13-5-4-11-34-31(40)25-17-23(19-37(25)28(38)18-24-8-6-15-45-24)43-27-16-22(9-10-26(27)42-3)30(39)33-12-7-14-36/h6,8-10,15-16,23,25H,4-5,7,11-14,17-19H2,1-3H3,(H,33,39)(H,34,40)/t23-,25-/m0/s1. The minimum Gasteiger partial charge on any atom is -0.493 e. The second-order valence-electron chi connectivity index (χ2n) is 11.3. The van der Waals surface area contributed by atoms with E-state index < -0.39 is 12.1 Å². The first-order valence-electron chi connectivity index (χ1n) is 15.2. The highest BCUT2D eigenvalue weighted by atomic mass is 32.1. The zero-order valence-electron chi connectivity index (χ0n) is 25.8. The van der Waals surface area contributed by atoms with Gasteiger partial charge in [0.15, 0.2) is 11.5 Å². The van der Waals surface area contributed by atoms with E-state index in [1.807, 2.05) is 17.5 Å². The second-order valence-corrected chi connectivity index (χ2v) is 12.3. The summed E-state index contributed by atoms with van der Waals surface area (Å²) in [5, 5.41) is 11.8. The van der Waals surface area contributed by atoms with Crippen LogP contribution in [0.3, 0.4) is 0 Å². The van der Waals surface area contributed by atoms with Crippen LogP contribution in [0.4, 0.5) is 0 Å². The maximum atomic E-state index is 13.5. The molecule has 2 N–H and O–H groups in total. The van der Waals surface area contributed by atoms with Gasteiger partial charge in [-0.25, -0.2) is 0 Å². The van der Waals surface area contributed by atoms with Gasteiger partial charge in [-0.15, -0.1) is 11.3 Å². The van der Waals surface area contributed by atoms with Crippen molar-refractivity contribution < 1.29 is 33.2 Å². The fourth-order valence-corrected chi connectivity index (χ4v) is 6.45. The first-order chi connectivity index (χ1) is 21.7. The third-order valence-electron chi connectivity index (χ3n) is 8.09. The van der Waals surface area contributed by atoms with E-state index in [0.29, 0.717) is 85.9 Å². The molecule has 13 heteroatoms. The lowest BCUT2D eigenvalue weighted by Crippen LogP contribution is -2.46. The molecule has 0 saturated carbocycles. The average Bonchev–Trinajstić information content (AvgIpc) is 3.77. The van der Waals surface area contributed by atoms with Crippen molar-refractivity contribution >= 4 is 35.0 Å². The molecule has 0 unspecified atom stereocenters. The lowest BCUT2D eigenvalue weighted by Gasteiger charge is -2.24. The van der Waals surface area contributed by atoms with Gasteiger partial charge in [0.1, 0.15) is 23.5 Å². The molecule has 0 aliphatic carbocycles. The summed E-state index contributed by atoms with van der Waals surface area (Å²) in [6.45, 7) is 5.29. The van der Waals surface area contributed by atoms with E-state index in [2.05, 4.69) is 15.8 Å². The molecular weight excluding hydrogens is 598 g/mol. The highest BCUT2D eigenvalue weighted by Crippen LogP contribution is 2.32. The average molecular weight is 638 g/mol. The SMILES string of the molecule is COc1ccc2cc1O[C@H]1C[C@@H](C(=O)NCCCCN(C(=O)c3c(C)noc3C)CCCNC2=O)N(C(=O)Cc2cccs2)C1. The molecule has 2 aliphatic rings. The Balaban J connectivity index is 1.37. The van der Waals surface area contributed by atoms with Crippen LogP contribution in [0.2, 0.25) is 0 Å². The van der Waals surface area contributed by atoms with Crippen molar-refractivity contribution in [3.8, 4) is 11.5 Å². The molecule has 1 saturated heterocycles. The predicted molar refractivity (Wildman–Crippen MR) is 167 cm³/mol. The van der Waals surface area contributed by atoms with Crippen LogP contribution in [0, 0.1) is 13.8 Å². The number of nitrogens with zero attached hydrogens (tertiary/aromatic N) is 3. The number of carbonyl (C=O) groups is 4. The fourth-order valence-electron chi connectivity index (χ4n) is 5.75. The Hall–Kier alpha value is -4.39. The predicted octanol–water partition coefficient (Wildman–Crippen LogP) is 3.12. The van der Waals surface area contributed by atoms with Crippen molar-refractivity contribution in [1.29, 1.82) is 0 Å². The summed E-state index contributed by atoms with van der Waals surface area (Å²) in [6, 6.07) is 8.01. The molecule has 2 aromatic heterocycles. The minimum atomic E-state index is -0.709. The van der Waals surface area contributed by atoms with Crippen molar-refractivity contribution in [1.82, 2.24) is 25.6 Å². The molecule has 1 aromatic carbocycles. The van der Waals surface area contributed by atoms with Crippen LogP contribution < -0.4 is 20.1 Å². The van der Waals surface area contributed by atoms with E-state index in [0.717, 1.165) is 4.88 Å². The molecule has 0 spiro atoms. The normalized spacial score (nSPS) is 19.9. The third-order valence-corrected chi connectivity index (χ3v) is 8.97. The molecule has 4 bridgehead atoms. The maximum Gasteiger partial charge on any atom is 0.259 e. The van der Waals surface area contributed by atoms with Gasteiger partial charge in [-0.3, -0.25) is 19.2 Å². The maximum absolute atomic E-state index is 13.5. The zero-order chi connectivity index (χ0) is 31.9. The molecule has 5 rings (SSSR count). The van der Waals surface area contributed by atoms with Crippen LogP contribution in [0.5, 0.6) is 11.5 Å². The Kier molecular flexibility index (Phi) is 10.4. The van der Waals surface area contributed by atoms with Crippen LogP contribution in [0.1, 0.15) is 62.7 Å². The van der Waals surface area contributed by atoms with E-state index in [1.54, 1.807) is 41.8 Å². The van der Waals surface area contributed by atoms with Crippen molar-refractivity contribution in [3.05, 3.63) is 63.2 Å². The molecule has 3 aromatic rings. The van der Waals surface area contributed by atoms with Gasteiger partial charge in [0.2, 0.25) is 11.8 Å². The van der Waals surface area contributed by atoms with Gasteiger partial charge in [0.05, 0.1) is 25.8 Å². The lowest BCUT2D eigenvalue weighted by atomic mass is 10.1. The van der Waals surface area contributed by atoms with E-state index in [-0.39, 0.29) is 36.6 Å². The van der Waals surface area contributed by atoms with E-state index in [4.69, 9.17) is 14.0 Å². The van der Waals surface area contributed by atoms with Crippen LogP contribution in [-0.4, -0.2) is 90.6 Å². The molecule has 4 heterocycles. The number of methoxy groups -OCH3 is 1. The number of amides is 4. The van der Waals surface area contributed by atoms with Gasteiger partial charge in [-0.05, 0) is 62.8 Å². The summed E-state index contributed by atoms with van der Waals surface area (Å²) in [7, 11) is 1.51. The number of benzene rings is 1. The Morgan fingerprint density at radius 3 is 2.62 bits per heavy atom. The number of carbonyl (C=O) groups excluding carboxylic acids is 4.